The van der Waals surface area contributed by atoms with Crippen molar-refractivity contribution in [3.8, 4) is 22.2 Å². The van der Waals surface area contributed by atoms with E-state index >= 15 is 0 Å². The van der Waals surface area contributed by atoms with Crippen molar-refractivity contribution in [2.45, 2.75) is 10.9 Å². The molecule has 0 saturated heterocycles. The first-order chi connectivity index (χ1) is 12.3. The first-order valence-corrected chi connectivity index (χ1v) is 9.37. The number of nitrogens with zero attached hydrogens (tertiary/aromatic N) is 4. The van der Waals surface area contributed by atoms with Crippen molar-refractivity contribution in [3.05, 3.63) is 60.0 Å². The molecule has 0 N–H and O–H groups in total. The van der Waals surface area contributed by atoms with E-state index in [2.05, 4.69) is 15.1 Å². The van der Waals surface area contributed by atoms with Gasteiger partial charge in [-0.2, -0.15) is 4.98 Å². The second-order valence-electron chi connectivity index (χ2n) is 5.06. The van der Waals surface area contributed by atoms with Crippen LogP contribution in [-0.4, -0.2) is 26.8 Å². The number of thioether (sulfide) groups is 1. The average Bonchev–Trinajstić information content (AvgIpc) is 3.40. The Balaban J connectivity index is 1.48. The normalized spacial score (nSPS) is 10.9. The van der Waals surface area contributed by atoms with Gasteiger partial charge in [0.1, 0.15) is 5.75 Å². The molecule has 0 aliphatic rings. The second-order valence-corrected chi connectivity index (χ2v) is 6.95. The standard InChI is InChI=1S/C17H14N4O2S2/c1-22-13-6-4-12(5-7-13)21-9-8-18-17(21)25-11-15-19-16(23-20-15)14-3-2-10-24-14/h2-10H,11H2,1H3. The maximum atomic E-state index is 5.31. The van der Waals surface area contributed by atoms with E-state index in [0.717, 1.165) is 21.5 Å². The number of ether oxygens (including phenoxy) is 1. The zero-order valence-corrected chi connectivity index (χ0v) is 15.0. The summed E-state index contributed by atoms with van der Waals surface area (Å²) in [6.45, 7) is 0. The number of methoxy groups -OCH3 is 1. The van der Waals surface area contributed by atoms with Crippen molar-refractivity contribution in [2.24, 2.45) is 0 Å². The van der Waals surface area contributed by atoms with E-state index < -0.39 is 0 Å². The Kier molecular flexibility index (Phi) is 4.53. The maximum Gasteiger partial charge on any atom is 0.268 e. The lowest BCUT2D eigenvalue weighted by Crippen LogP contribution is -1.96. The Bertz CT molecular complexity index is 945. The molecule has 25 heavy (non-hydrogen) atoms. The Labute approximate surface area is 152 Å². The Morgan fingerprint density at radius 2 is 2.12 bits per heavy atom. The summed E-state index contributed by atoms with van der Waals surface area (Å²) in [5.41, 5.74) is 1.02. The molecule has 0 spiro atoms. The molecule has 6 nitrogen and oxygen atoms in total. The smallest absolute Gasteiger partial charge is 0.268 e. The van der Waals surface area contributed by atoms with Crippen molar-refractivity contribution < 1.29 is 9.26 Å². The Hall–Kier alpha value is -2.58. The van der Waals surface area contributed by atoms with E-state index in [1.54, 1.807) is 36.4 Å². The van der Waals surface area contributed by atoms with Crippen LogP contribution < -0.4 is 4.74 Å². The highest BCUT2D eigenvalue weighted by Crippen LogP contribution is 2.26. The van der Waals surface area contributed by atoms with Gasteiger partial charge in [-0.15, -0.1) is 11.3 Å². The minimum Gasteiger partial charge on any atom is -0.497 e. The molecule has 0 radical (unpaired) electrons. The molecule has 4 rings (SSSR count). The number of hydrogen-bond acceptors (Lipinski definition) is 7. The van der Waals surface area contributed by atoms with E-state index in [-0.39, 0.29) is 0 Å². The van der Waals surface area contributed by atoms with Gasteiger partial charge in [0.15, 0.2) is 11.0 Å². The Morgan fingerprint density at radius 1 is 1.24 bits per heavy atom. The molecule has 4 aromatic rings. The van der Waals surface area contributed by atoms with Crippen LogP contribution in [0.5, 0.6) is 5.75 Å². The topological polar surface area (TPSA) is 66.0 Å². The molecule has 0 bridgehead atoms. The van der Waals surface area contributed by atoms with Gasteiger partial charge in [-0.3, -0.25) is 4.57 Å². The summed E-state index contributed by atoms with van der Waals surface area (Å²) < 4.78 is 12.5. The van der Waals surface area contributed by atoms with E-state index in [1.165, 1.54) is 0 Å². The third-order valence-corrected chi connectivity index (χ3v) is 5.31. The van der Waals surface area contributed by atoms with Crippen LogP contribution in [0.2, 0.25) is 0 Å². The number of imidazole rings is 1. The summed E-state index contributed by atoms with van der Waals surface area (Å²) in [6.07, 6.45) is 3.71. The van der Waals surface area contributed by atoms with Crippen molar-refractivity contribution in [1.29, 1.82) is 0 Å². The number of rotatable bonds is 6. The third kappa shape index (κ3) is 3.45. The van der Waals surface area contributed by atoms with Crippen LogP contribution in [0.1, 0.15) is 5.82 Å². The summed E-state index contributed by atoms with van der Waals surface area (Å²) in [5.74, 6) is 2.62. The lowest BCUT2D eigenvalue weighted by atomic mass is 10.3. The van der Waals surface area contributed by atoms with Gasteiger partial charge in [0.25, 0.3) is 5.89 Å². The van der Waals surface area contributed by atoms with Crippen LogP contribution in [0.3, 0.4) is 0 Å². The molecule has 0 aliphatic carbocycles. The molecular formula is C17H14N4O2S2. The summed E-state index contributed by atoms with van der Waals surface area (Å²) in [6, 6.07) is 11.8. The highest BCUT2D eigenvalue weighted by atomic mass is 32.2. The third-order valence-electron chi connectivity index (χ3n) is 3.49. The lowest BCUT2D eigenvalue weighted by molar-refractivity contribution is 0.414. The van der Waals surface area contributed by atoms with E-state index in [1.807, 2.05) is 52.5 Å². The molecule has 3 heterocycles. The summed E-state index contributed by atoms with van der Waals surface area (Å²) in [7, 11) is 1.66. The predicted octanol–water partition coefficient (Wildman–Crippen LogP) is 4.28. The summed E-state index contributed by atoms with van der Waals surface area (Å²) in [5, 5.41) is 6.90. The van der Waals surface area contributed by atoms with Gasteiger partial charge < -0.3 is 9.26 Å². The van der Waals surface area contributed by atoms with Gasteiger partial charge in [0, 0.05) is 18.1 Å². The lowest BCUT2D eigenvalue weighted by Gasteiger charge is -2.07. The van der Waals surface area contributed by atoms with Crippen LogP contribution in [0.4, 0.5) is 0 Å². The zero-order chi connectivity index (χ0) is 17.1. The van der Waals surface area contributed by atoms with Crippen molar-refractivity contribution in [2.75, 3.05) is 7.11 Å². The molecule has 1 aromatic carbocycles. The highest BCUT2D eigenvalue weighted by molar-refractivity contribution is 7.98. The van der Waals surface area contributed by atoms with Crippen LogP contribution in [-0.2, 0) is 5.75 Å². The molecule has 3 aromatic heterocycles. The second kappa shape index (κ2) is 7.12. The molecule has 8 heteroatoms. The van der Waals surface area contributed by atoms with Crippen LogP contribution >= 0.6 is 23.1 Å². The van der Waals surface area contributed by atoms with E-state index in [9.17, 15) is 0 Å². The van der Waals surface area contributed by atoms with Crippen LogP contribution in [0.25, 0.3) is 16.5 Å². The SMILES string of the molecule is COc1ccc(-n2ccnc2SCc2noc(-c3cccs3)n2)cc1. The van der Waals surface area contributed by atoms with Gasteiger partial charge in [0.05, 0.1) is 17.7 Å². The van der Waals surface area contributed by atoms with Crippen molar-refractivity contribution >= 4 is 23.1 Å². The first kappa shape index (κ1) is 15.9. The number of aromatic nitrogens is 4. The Morgan fingerprint density at radius 3 is 2.88 bits per heavy atom. The minimum absolute atomic E-state index is 0.559. The molecule has 0 fully saturated rings. The fourth-order valence-electron chi connectivity index (χ4n) is 2.28. The van der Waals surface area contributed by atoms with Gasteiger partial charge in [-0.25, -0.2) is 4.98 Å². The molecule has 0 amide bonds. The van der Waals surface area contributed by atoms with Crippen molar-refractivity contribution in [1.82, 2.24) is 19.7 Å². The molecular weight excluding hydrogens is 356 g/mol. The highest BCUT2D eigenvalue weighted by Gasteiger charge is 2.12. The zero-order valence-electron chi connectivity index (χ0n) is 13.3. The summed E-state index contributed by atoms with van der Waals surface area (Å²) >= 11 is 3.14. The van der Waals surface area contributed by atoms with E-state index in [4.69, 9.17) is 9.26 Å². The fourth-order valence-corrected chi connectivity index (χ4v) is 3.74. The van der Waals surface area contributed by atoms with Gasteiger partial charge >= 0.3 is 0 Å². The van der Waals surface area contributed by atoms with Crippen LogP contribution in [0, 0.1) is 0 Å². The van der Waals surface area contributed by atoms with E-state index in [0.29, 0.717) is 17.5 Å². The van der Waals surface area contributed by atoms with Gasteiger partial charge in [0.2, 0.25) is 0 Å². The average molecular weight is 370 g/mol. The quantitative estimate of drug-likeness (QED) is 0.472. The van der Waals surface area contributed by atoms with Gasteiger partial charge in [-0.1, -0.05) is 23.0 Å². The molecule has 0 aliphatic heterocycles. The number of hydrogen-bond donors (Lipinski definition) is 0. The molecule has 0 unspecified atom stereocenters. The predicted molar refractivity (Wildman–Crippen MR) is 97.3 cm³/mol. The first-order valence-electron chi connectivity index (χ1n) is 7.50. The fraction of sp³-hybridized carbons (Fsp3) is 0.118. The molecule has 0 atom stereocenters. The molecule has 0 saturated carbocycles. The minimum atomic E-state index is 0.559. The molecule has 126 valence electrons. The largest absolute Gasteiger partial charge is 0.497 e. The number of benzene rings is 1. The maximum absolute atomic E-state index is 5.31. The summed E-state index contributed by atoms with van der Waals surface area (Å²) in [4.78, 5) is 9.83. The van der Waals surface area contributed by atoms with Crippen molar-refractivity contribution in [3.63, 3.8) is 0 Å². The van der Waals surface area contributed by atoms with Crippen LogP contribution in [0.15, 0.2) is 63.9 Å². The monoisotopic (exact) mass is 370 g/mol. The van der Waals surface area contributed by atoms with Gasteiger partial charge in [-0.05, 0) is 35.7 Å². The number of thiophene rings is 1.